The summed E-state index contributed by atoms with van der Waals surface area (Å²) in [6.07, 6.45) is 4.49. The largest absolute Gasteiger partial charge is 0.409 e. The van der Waals surface area contributed by atoms with Crippen LogP contribution >= 0.6 is 12.2 Å². The molecule has 1 fully saturated rings. The maximum atomic E-state index is 12.9. The average Bonchev–Trinajstić information content (AvgIpc) is 3.09. The Balaban J connectivity index is 2.18. The number of nitrogens with zero attached hydrogens (tertiary/aromatic N) is 2. The van der Waals surface area contributed by atoms with E-state index in [0.29, 0.717) is 11.5 Å². The second kappa shape index (κ2) is 5.60. The van der Waals surface area contributed by atoms with E-state index in [1.165, 1.54) is 12.8 Å². The molecule has 1 aliphatic rings. The predicted molar refractivity (Wildman–Crippen MR) is 83.0 cm³/mol. The molecule has 3 rings (SSSR count). The van der Waals surface area contributed by atoms with Crippen molar-refractivity contribution in [1.29, 1.82) is 0 Å². The Kier molecular flexibility index (Phi) is 3.80. The van der Waals surface area contributed by atoms with E-state index < -0.39 is 0 Å². The van der Waals surface area contributed by atoms with E-state index in [1.54, 1.807) is 6.07 Å². The Bertz CT molecular complexity index is 751. The average molecular weight is 305 g/mol. The summed E-state index contributed by atoms with van der Waals surface area (Å²) in [5, 5.41) is 6.55. The predicted octanol–water partition coefficient (Wildman–Crippen LogP) is 3.80. The molecule has 2 aromatic rings. The lowest BCUT2D eigenvalue weighted by Gasteiger charge is -2.21. The molecule has 2 aromatic heterocycles. The fourth-order valence-electron chi connectivity index (χ4n) is 3.08. The molecule has 0 aliphatic heterocycles. The van der Waals surface area contributed by atoms with Crippen LogP contribution in [-0.4, -0.2) is 14.8 Å². The van der Waals surface area contributed by atoms with Crippen LogP contribution in [0.15, 0.2) is 21.3 Å². The van der Waals surface area contributed by atoms with Crippen LogP contribution in [0.25, 0.3) is 11.5 Å². The first-order valence-electron chi connectivity index (χ1n) is 7.39. The normalized spacial score (nSPS) is 16.0. The fraction of sp³-hybridized carbons (Fsp3) is 0.533. The lowest BCUT2D eigenvalue weighted by atomic mass is 10.1. The summed E-state index contributed by atoms with van der Waals surface area (Å²) >= 11 is 4.89. The Hall–Kier alpha value is -1.69. The molecular formula is C15H19N3O2S. The zero-order valence-corrected chi connectivity index (χ0v) is 13.1. The van der Waals surface area contributed by atoms with Gasteiger partial charge in [-0.3, -0.25) is 4.79 Å². The van der Waals surface area contributed by atoms with Gasteiger partial charge in [-0.15, -0.1) is 5.10 Å². The van der Waals surface area contributed by atoms with Gasteiger partial charge in [-0.2, -0.15) is 0 Å². The monoisotopic (exact) mass is 305 g/mol. The number of pyridine rings is 1. The second-order valence-corrected chi connectivity index (χ2v) is 6.23. The van der Waals surface area contributed by atoms with Crippen molar-refractivity contribution < 1.29 is 4.42 Å². The molecule has 0 radical (unpaired) electrons. The quantitative estimate of drug-likeness (QED) is 0.876. The van der Waals surface area contributed by atoms with Gasteiger partial charge >= 0.3 is 0 Å². The highest BCUT2D eigenvalue weighted by Gasteiger charge is 2.24. The van der Waals surface area contributed by atoms with Crippen LogP contribution in [-0.2, 0) is 0 Å². The molecule has 0 atom stereocenters. The highest BCUT2D eigenvalue weighted by Crippen LogP contribution is 2.31. The minimum atomic E-state index is -0.0293. The van der Waals surface area contributed by atoms with Crippen LogP contribution in [0.2, 0.25) is 0 Å². The Labute approximate surface area is 128 Å². The number of H-pyrrole nitrogens is 1. The van der Waals surface area contributed by atoms with E-state index in [9.17, 15) is 4.79 Å². The molecule has 0 saturated heterocycles. The molecular weight excluding hydrogens is 286 g/mol. The molecule has 1 N–H and O–H groups in total. The minimum Gasteiger partial charge on any atom is -0.409 e. The van der Waals surface area contributed by atoms with Gasteiger partial charge in [0.15, 0.2) is 0 Å². The van der Waals surface area contributed by atoms with Gasteiger partial charge < -0.3 is 8.98 Å². The molecule has 0 spiro atoms. The summed E-state index contributed by atoms with van der Waals surface area (Å²) in [4.78, 5) is 13.1. The van der Waals surface area contributed by atoms with Gasteiger partial charge in [0, 0.05) is 11.7 Å². The molecule has 21 heavy (non-hydrogen) atoms. The molecule has 6 heteroatoms. The Morgan fingerprint density at radius 1 is 1.38 bits per heavy atom. The van der Waals surface area contributed by atoms with Crippen molar-refractivity contribution in [1.82, 2.24) is 14.8 Å². The molecule has 112 valence electrons. The number of hydrogen-bond acceptors (Lipinski definition) is 4. The zero-order valence-electron chi connectivity index (χ0n) is 12.3. The topological polar surface area (TPSA) is 63.8 Å². The van der Waals surface area contributed by atoms with Crippen molar-refractivity contribution in [2.45, 2.75) is 51.5 Å². The van der Waals surface area contributed by atoms with Crippen molar-refractivity contribution in [2.75, 3.05) is 0 Å². The molecule has 1 saturated carbocycles. The van der Waals surface area contributed by atoms with Gasteiger partial charge in [-0.25, -0.2) is 5.10 Å². The van der Waals surface area contributed by atoms with Crippen molar-refractivity contribution in [2.24, 2.45) is 0 Å². The van der Waals surface area contributed by atoms with Crippen LogP contribution in [0.4, 0.5) is 0 Å². The van der Waals surface area contributed by atoms with Crippen molar-refractivity contribution in [3.8, 4) is 11.5 Å². The summed E-state index contributed by atoms with van der Waals surface area (Å²) < 4.78 is 7.25. The lowest BCUT2D eigenvalue weighted by molar-refractivity contribution is 0.472. The van der Waals surface area contributed by atoms with E-state index in [0.717, 1.165) is 18.5 Å². The van der Waals surface area contributed by atoms with Crippen molar-refractivity contribution in [3.63, 3.8) is 0 Å². The van der Waals surface area contributed by atoms with Gasteiger partial charge in [0.2, 0.25) is 0 Å². The third-order valence-corrected chi connectivity index (χ3v) is 4.27. The van der Waals surface area contributed by atoms with E-state index >= 15 is 0 Å². The summed E-state index contributed by atoms with van der Waals surface area (Å²) in [6.45, 7) is 4.22. The number of aromatic nitrogens is 3. The zero-order chi connectivity index (χ0) is 15.0. The summed E-state index contributed by atoms with van der Waals surface area (Å²) in [6, 6.07) is 4.08. The van der Waals surface area contributed by atoms with E-state index in [4.69, 9.17) is 16.6 Å². The molecule has 1 aliphatic carbocycles. The smallest absolute Gasteiger partial charge is 0.284 e. The molecule has 5 nitrogen and oxygen atoms in total. The molecule has 0 aromatic carbocycles. The van der Waals surface area contributed by atoms with E-state index in [2.05, 4.69) is 24.0 Å². The number of hydrogen-bond donors (Lipinski definition) is 1. The van der Waals surface area contributed by atoms with E-state index in [-0.39, 0.29) is 22.3 Å². The van der Waals surface area contributed by atoms with Crippen LogP contribution in [0, 0.1) is 4.84 Å². The van der Waals surface area contributed by atoms with E-state index in [1.807, 2.05) is 10.6 Å². The summed E-state index contributed by atoms with van der Waals surface area (Å²) in [5.41, 5.74) is 1.52. The Morgan fingerprint density at radius 2 is 2.10 bits per heavy atom. The third kappa shape index (κ3) is 2.60. The SMILES string of the molecule is CC(C)c1ccc(-c2n[nH]c(=S)o2)c(=O)n1C1CCCC1. The highest BCUT2D eigenvalue weighted by atomic mass is 32.1. The fourth-order valence-corrected chi connectivity index (χ4v) is 3.21. The molecule has 0 amide bonds. The summed E-state index contributed by atoms with van der Waals surface area (Å²) in [5.74, 6) is 0.574. The summed E-state index contributed by atoms with van der Waals surface area (Å²) in [7, 11) is 0. The number of nitrogens with one attached hydrogen (secondary N) is 1. The highest BCUT2D eigenvalue weighted by molar-refractivity contribution is 7.71. The van der Waals surface area contributed by atoms with Gasteiger partial charge in [0.1, 0.15) is 5.56 Å². The number of aromatic amines is 1. The van der Waals surface area contributed by atoms with Gasteiger partial charge in [0.05, 0.1) is 0 Å². The maximum absolute atomic E-state index is 12.9. The van der Waals surface area contributed by atoms with Crippen molar-refractivity contribution in [3.05, 3.63) is 33.0 Å². The van der Waals surface area contributed by atoms with Gasteiger partial charge in [-0.1, -0.05) is 26.7 Å². The standard InChI is InChI=1S/C15H19N3O2S/c1-9(2)12-8-7-11(13-16-17-15(21)20-13)14(19)18(12)10-5-3-4-6-10/h7-10H,3-6H2,1-2H3,(H,17,21). The first-order valence-corrected chi connectivity index (χ1v) is 7.80. The van der Waals surface area contributed by atoms with Crippen LogP contribution in [0.3, 0.4) is 0 Å². The second-order valence-electron chi connectivity index (χ2n) is 5.86. The number of rotatable bonds is 3. The molecule has 0 bridgehead atoms. The third-order valence-electron chi connectivity index (χ3n) is 4.10. The van der Waals surface area contributed by atoms with Crippen LogP contribution in [0.5, 0.6) is 0 Å². The Morgan fingerprint density at radius 3 is 2.67 bits per heavy atom. The first-order chi connectivity index (χ1) is 10.1. The van der Waals surface area contributed by atoms with Gasteiger partial charge in [-0.05, 0) is 43.1 Å². The van der Waals surface area contributed by atoms with Crippen LogP contribution < -0.4 is 5.56 Å². The van der Waals surface area contributed by atoms with Gasteiger partial charge in [0.25, 0.3) is 16.3 Å². The first kappa shape index (κ1) is 14.3. The lowest BCUT2D eigenvalue weighted by Crippen LogP contribution is -2.28. The minimum absolute atomic E-state index is 0.0293. The van der Waals surface area contributed by atoms with Crippen LogP contribution in [0.1, 0.15) is 57.2 Å². The maximum Gasteiger partial charge on any atom is 0.284 e. The molecule has 0 unspecified atom stereocenters. The van der Waals surface area contributed by atoms with Crippen molar-refractivity contribution >= 4 is 12.2 Å². The molecule has 2 heterocycles.